The van der Waals surface area contributed by atoms with Gasteiger partial charge in [-0.15, -0.1) is 0 Å². The first kappa shape index (κ1) is 10.6. The average molecular weight is 193 g/mol. The van der Waals surface area contributed by atoms with Crippen LogP contribution >= 0.6 is 0 Å². The quantitative estimate of drug-likeness (QED) is 0.731. The maximum atomic E-state index is 11.1. The molecule has 0 saturated heterocycles. The van der Waals surface area contributed by atoms with Gasteiger partial charge in [0.05, 0.1) is 6.61 Å². The predicted molar refractivity (Wildman–Crippen MR) is 55.8 cm³/mol. The Bertz CT molecular complexity index is 300. The molecule has 0 heterocycles. The summed E-state index contributed by atoms with van der Waals surface area (Å²) in [6, 6.07) is 0. The van der Waals surface area contributed by atoms with E-state index in [2.05, 4.69) is 5.32 Å². The highest BCUT2D eigenvalue weighted by Crippen LogP contribution is 2.09. The van der Waals surface area contributed by atoms with Gasteiger partial charge in [-0.05, 0) is 26.3 Å². The van der Waals surface area contributed by atoms with E-state index < -0.39 is 6.09 Å². The number of amides is 1. The standard InChI is InChI=1S/C11H15NO2/c1-3-14-11(13)12-10-6-4-5-9(2)7-8-10/h4-6,8H,3,7H2,1-2H3,(H,12,13). The van der Waals surface area contributed by atoms with Crippen molar-refractivity contribution in [2.45, 2.75) is 20.3 Å². The van der Waals surface area contributed by atoms with Crippen LogP contribution in [-0.4, -0.2) is 12.7 Å². The fraction of sp³-hybridized carbons (Fsp3) is 0.364. The molecule has 0 aromatic heterocycles. The van der Waals surface area contributed by atoms with Gasteiger partial charge in [0.25, 0.3) is 0 Å². The Morgan fingerprint density at radius 2 is 2.43 bits per heavy atom. The average Bonchev–Trinajstić information content (AvgIpc) is 2.32. The lowest BCUT2D eigenvalue weighted by molar-refractivity contribution is 0.155. The lowest BCUT2D eigenvalue weighted by Crippen LogP contribution is -2.22. The number of allylic oxidation sites excluding steroid dienone is 5. The number of nitrogens with one attached hydrogen (secondary N) is 1. The van der Waals surface area contributed by atoms with Crippen LogP contribution in [0.2, 0.25) is 0 Å². The molecule has 3 heteroatoms. The SMILES string of the molecule is CCOC(=O)NC1=CCC(C)=CC=C1. The van der Waals surface area contributed by atoms with Crippen molar-refractivity contribution < 1.29 is 9.53 Å². The van der Waals surface area contributed by atoms with Crippen molar-refractivity contribution in [3.05, 3.63) is 35.6 Å². The smallest absolute Gasteiger partial charge is 0.411 e. The zero-order valence-electron chi connectivity index (χ0n) is 8.54. The van der Waals surface area contributed by atoms with E-state index >= 15 is 0 Å². The summed E-state index contributed by atoms with van der Waals surface area (Å²) in [4.78, 5) is 11.1. The minimum Gasteiger partial charge on any atom is -0.450 e. The topological polar surface area (TPSA) is 38.3 Å². The number of carbonyl (C=O) groups excluding carboxylic acids is 1. The second kappa shape index (κ2) is 5.27. The maximum absolute atomic E-state index is 11.1. The van der Waals surface area contributed by atoms with E-state index in [4.69, 9.17) is 4.74 Å². The largest absolute Gasteiger partial charge is 0.450 e. The van der Waals surface area contributed by atoms with Gasteiger partial charge in [-0.3, -0.25) is 5.32 Å². The highest BCUT2D eigenvalue weighted by molar-refractivity contribution is 5.70. The van der Waals surface area contributed by atoms with Gasteiger partial charge in [0, 0.05) is 5.70 Å². The van der Waals surface area contributed by atoms with Crippen LogP contribution in [-0.2, 0) is 4.74 Å². The number of rotatable bonds is 2. The van der Waals surface area contributed by atoms with Gasteiger partial charge in [-0.2, -0.15) is 0 Å². The number of hydrogen-bond donors (Lipinski definition) is 1. The number of hydrogen-bond acceptors (Lipinski definition) is 2. The molecule has 0 aromatic carbocycles. The second-order valence-corrected chi connectivity index (χ2v) is 3.08. The van der Waals surface area contributed by atoms with E-state index in [1.54, 1.807) is 6.92 Å². The Kier molecular flexibility index (Phi) is 3.98. The predicted octanol–water partition coefficient (Wildman–Crippen LogP) is 2.52. The normalized spacial score (nSPS) is 15.3. The molecular weight excluding hydrogens is 178 g/mol. The molecule has 0 aromatic rings. The van der Waals surface area contributed by atoms with Crippen LogP contribution in [0, 0.1) is 0 Å². The van der Waals surface area contributed by atoms with Crippen LogP contribution in [0.5, 0.6) is 0 Å². The van der Waals surface area contributed by atoms with Crippen molar-refractivity contribution in [1.29, 1.82) is 0 Å². The van der Waals surface area contributed by atoms with Gasteiger partial charge in [0.1, 0.15) is 0 Å². The molecule has 0 fully saturated rings. The second-order valence-electron chi connectivity index (χ2n) is 3.08. The summed E-state index contributed by atoms with van der Waals surface area (Å²) in [5.41, 5.74) is 2.05. The highest BCUT2D eigenvalue weighted by atomic mass is 16.5. The molecule has 0 bridgehead atoms. The summed E-state index contributed by atoms with van der Waals surface area (Å²) in [6.45, 7) is 4.22. The summed E-state index contributed by atoms with van der Waals surface area (Å²) >= 11 is 0. The summed E-state index contributed by atoms with van der Waals surface area (Å²) < 4.78 is 4.77. The van der Waals surface area contributed by atoms with E-state index in [-0.39, 0.29) is 0 Å². The lowest BCUT2D eigenvalue weighted by Gasteiger charge is -2.04. The van der Waals surface area contributed by atoms with Crippen molar-refractivity contribution in [3.8, 4) is 0 Å². The molecular formula is C11H15NO2. The minimum atomic E-state index is -0.400. The fourth-order valence-electron chi connectivity index (χ4n) is 1.10. The first-order valence-corrected chi connectivity index (χ1v) is 4.70. The summed E-state index contributed by atoms with van der Waals surface area (Å²) in [7, 11) is 0. The first-order valence-electron chi connectivity index (χ1n) is 4.70. The van der Waals surface area contributed by atoms with Crippen molar-refractivity contribution in [3.63, 3.8) is 0 Å². The van der Waals surface area contributed by atoms with Gasteiger partial charge >= 0.3 is 6.09 Å². The van der Waals surface area contributed by atoms with Gasteiger partial charge in [0.2, 0.25) is 0 Å². The van der Waals surface area contributed by atoms with Crippen LogP contribution in [0.4, 0.5) is 4.79 Å². The Balaban J connectivity index is 2.51. The summed E-state index contributed by atoms with van der Waals surface area (Å²) in [6.07, 6.45) is 8.22. The molecule has 3 nitrogen and oxygen atoms in total. The lowest BCUT2D eigenvalue weighted by atomic mass is 10.2. The highest BCUT2D eigenvalue weighted by Gasteiger charge is 2.02. The molecule has 1 amide bonds. The van der Waals surface area contributed by atoms with Crippen molar-refractivity contribution >= 4 is 6.09 Å². The van der Waals surface area contributed by atoms with Crippen LogP contribution in [0.1, 0.15) is 20.3 Å². The number of ether oxygens (including phenoxy) is 1. The third kappa shape index (κ3) is 3.47. The van der Waals surface area contributed by atoms with Crippen LogP contribution in [0.3, 0.4) is 0 Å². The number of carbonyl (C=O) groups is 1. The molecule has 0 radical (unpaired) electrons. The molecule has 1 aliphatic rings. The molecule has 1 aliphatic carbocycles. The molecule has 0 unspecified atom stereocenters. The van der Waals surface area contributed by atoms with Gasteiger partial charge in [-0.25, -0.2) is 4.79 Å². The van der Waals surface area contributed by atoms with E-state index in [1.807, 2.05) is 31.2 Å². The van der Waals surface area contributed by atoms with Gasteiger partial charge in [-0.1, -0.05) is 23.8 Å². The minimum absolute atomic E-state index is 0.389. The third-order valence-corrected chi connectivity index (χ3v) is 1.82. The molecule has 1 N–H and O–H groups in total. The zero-order chi connectivity index (χ0) is 10.4. The number of alkyl carbamates (subject to hydrolysis) is 1. The van der Waals surface area contributed by atoms with E-state index in [9.17, 15) is 4.79 Å². The molecule has 0 spiro atoms. The third-order valence-electron chi connectivity index (χ3n) is 1.82. The molecule has 0 aliphatic heterocycles. The van der Waals surface area contributed by atoms with Crippen molar-refractivity contribution in [2.75, 3.05) is 6.61 Å². The molecule has 0 saturated carbocycles. The van der Waals surface area contributed by atoms with Crippen molar-refractivity contribution in [2.24, 2.45) is 0 Å². The summed E-state index contributed by atoms with van der Waals surface area (Å²) in [5.74, 6) is 0. The van der Waals surface area contributed by atoms with Crippen LogP contribution in [0.15, 0.2) is 35.6 Å². The van der Waals surface area contributed by atoms with E-state index in [0.717, 1.165) is 12.1 Å². The molecule has 14 heavy (non-hydrogen) atoms. The van der Waals surface area contributed by atoms with Crippen molar-refractivity contribution in [1.82, 2.24) is 5.32 Å². The Labute approximate surface area is 84.1 Å². The maximum Gasteiger partial charge on any atom is 0.411 e. The van der Waals surface area contributed by atoms with Crippen LogP contribution in [0.25, 0.3) is 0 Å². The molecule has 76 valence electrons. The van der Waals surface area contributed by atoms with Gasteiger partial charge < -0.3 is 4.74 Å². The van der Waals surface area contributed by atoms with Crippen LogP contribution < -0.4 is 5.32 Å². The Morgan fingerprint density at radius 1 is 1.64 bits per heavy atom. The van der Waals surface area contributed by atoms with E-state index in [0.29, 0.717) is 6.61 Å². The summed E-state index contributed by atoms with van der Waals surface area (Å²) in [5, 5.41) is 2.66. The van der Waals surface area contributed by atoms with E-state index in [1.165, 1.54) is 5.57 Å². The Morgan fingerprint density at radius 3 is 3.14 bits per heavy atom. The first-order chi connectivity index (χ1) is 6.72. The molecule has 0 atom stereocenters. The monoisotopic (exact) mass is 193 g/mol. The Hall–Kier alpha value is -1.51. The molecule has 1 rings (SSSR count). The van der Waals surface area contributed by atoms with Gasteiger partial charge in [0.15, 0.2) is 0 Å². The zero-order valence-corrected chi connectivity index (χ0v) is 8.54. The fourth-order valence-corrected chi connectivity index (χ4v) is 1.10.